The number of unbranched alkanes of at least 4 members (excludes halogenated alkanes) is 2. The van der Waals surface area contributed by atoms with Crippen molar-refractivity contribution in [3.8, 4) is 11.5 Å². The number of methoxy groups -OCH3 is 1. The summed E-state index contributed by atoms with van der Waals surface area (Å²) in [5.74, 6) is -3.48. The number of para-hydroxylation sites is 2. The van der Waals surface area contributed by atoms with Crippen molar-refractivity contribution < 1.29 is 47.3 Å². The van der Waals surface area contributed by atoms with Gasteiger partial charge in [0.15, 0.2) is 0 Å². The van der Waals surface area contributed by atoms with Gasteiger partial charge in [0.05, 0.1) is 32.4 Å². The van der Waals surface area contributed by atoms with Gasteiger partial charge in [0, 0.05) is 18.6 Å². The van der Waals surface area contributed by atoms with Crippen LogP contribution >= 0.6 is 7.60 Å². The molecule has 0 spiro atoms. The number of ether oxygens (including phenoxy) is 3. The van der Waals surface area contributed by atoms with Crippen LogP contribution in [0.4, 0.5) is 0 Å². The zero-order valence-electron chi connectivity index (χ0n) is 23.3. The molecule has 2 rings (SSSR count). The molecule has 0 heterocycles. The predicted octanol–water partition coefficient (Wildman–Crippen LogP) is 6.27. The Morgan fingerprint density at radius 3 is 2.20 bits per heavy atom. The Hall–Kier alpha value is -3.36. The lowest BCUT2D eigenvalue weighted by atomic mass is 10.1. The van der Waals surface area contributed by atoms with E-state index in [1.807, 2.05) is 13.8 Å². The van der Waals surface area contributed by atoms with Crippen molar-refractivity contribution in [1.29, 1.82) is 0 Å². The van der Waals surface area contributed by atoms with Gasteiger partial charge in [0.25, 0.3) is 0 Å². The van der Waals surface area contributed by atoms with Crippen LogP contribution in [0.15, 0.2) is 48.5 Å². The molecule has 11 heteroatoms. The number of aliphatic carboxylic acids is 1. The fourth-order valence-electron chi connectivity index (χ4n) is 3.65. The molecule has 0 amide bonds. The number of esters is 2. The van der Waals surface area contributed by atoms with Gasteiger partial charge < -0.3 is 28.4 Å². The van der Waals surface area contributed by atoms with Gasteiger partial charge in [-0.15, -0.1) is 0 Å². The number of rotatable bonds is 19. The van der Waals surface area contributed by atoms with Crippen molar-refractivity contribution in [3.63, 3.8) is 0 Å². The van der Waals surface area contributed by atoms with E-state index in [0.29, 0.717) is 18.6 Å². The highest BCUT2D eigenvalue weighted by molar-refractivity contribution is 7.54. The van der Waals surface area contributed by atoms with Gasteiger partial charge in [-0.1, -0.05) is 57.0 Å². The van der Waals surface area contributed by atoms with Crippen LogP contribution in [0.1, 0.15) is 68.3 Å². The minimum atomic E-state index is -4.27. The Morgan fingerprint density at radius 2 is 1.52 bits per heavy atom. The second kappa shape index (κ2) is 17.4. The first-order chi connectivity index (χ1) is 19.2. The third-order valence-electron chi connectivity index (χ3n) is 5.87. The summed E-state index contributed by atoms with van der Waals surface area (Å²) >= 11 is 0. The molecule has 1 N–H and O–H groups in total. The first kappa shape index (κ1) is 32.8. The van der Waals surface area contributed by atoms with E-state index in [-0.39, 0.29) is 43.1 Å². The number of hydrogen-bond donors (Lipinski definition) is 1. The number of carbonyl (C=O) groups excluding carboxylic acids is 2. The van der Waals surface area contributed by atoms with E-state index in [1.165, 1.54) is 12.1 Å². The van der Waals surface area contributed by atoms with E-state index in [2.05, 4.69) is 0 Å². The van der Waals surface area contributed by atoms with E-state index in [9.17, 15) is 24.1 Å². The number of carbonyl (C=O) groups is 3. The second-order valence-corrected chi connectivity index (χ2v) is 11.1. The zero-order valence-corrected chi connectivity index (χ0v) is 24.2. The maximum absolute atomic E-state index is 14.4. The summed E-state index contributed by atoms with van der Waals surface area (Å²) in [6, 6.07) is 13.0. The van der Waals surface area contributed by atoms with E-state index in [4.69, 9.17) is 23.3 Å². The van der Waals surface area contributed by atoms with Gasteiger partial charge in [-0.2, -0.15) is 0 Å². The highest BCUT2D eigenvalue weighted by atomic mass is 31.2. The van der Waals surface area contributed by atoms with Crippen molar-refractivity contribution >= 4 is 25.5 Å². The molecule has 40 heavy (non-hydrogen) atoms. The van der Waals surface area contributed by atoms with Crippen LogP contribution in [0.25, 0.3) is 0 Å². The van der Waals surface area contributed by atoms with Gasteiger partial charge in [-0.05, 0) is 37.5 Å². The Labute approximate surface area is 235 Å². The molecule has 220 valence electrons. The molecule has 0 saturated carbocycles. The third-order valence-corrected chi connectivity index (χ3v) is 7.71. The zero-order chi connectivity index (χ0) is 29.4. The highest BCUT2D eigenvalue weighted by Crippen LogP contribution is 2.52. The van der Waals surface area contributed by atoms with Crippen molar-refractivity contribution in [3.05, 3.63) is 59.7 Å². The largest absolute Gasteiger partial charge is 0.481 e. The molecule has 10 nitrogen and oxygen atoms in total. The first-order valence-corrected chi connectivity index (χ1v) is 15.1. The van der Waals surface area contributed by atoms with E-state index in [1.54, 1.807) is 36.4 Å². The fraction of sp³-hybridized carbons (Fsp3) is 0.483. The number of hydrogen-bond acceptors (Lipinski definition) is 9. The molecule has 0 aliphatic carbocycles. The molecular formula is C29H39O10P. The monoisotopic (exact) mass is 578 g/mol. The molecule has 2 aromatic rings. The fourth-order valence-corrected chi connectivity index (χ4v) is 5.65. The number of benzene rings is 2. The maximum atomic E-state index is 14.4. The molecule has 0 fully saturated rings. The minimum Gasteiger partial charge on any atom is -0.481 e. The molecule has 2 atom stereocenters. The average molecular weight is 579 g/mol. The summed E-state index contributed by atoms with van der Waals surface area (Å²) in [5, 5.41) is 9.18. The first-order valence-electron chi connectivity index (χ1n) is 13.4. The summed E-state index contributed by atoms with van der Waals surface area (Å²) in [6.45, 7) is 4.95. The Bertz CT molecular complexity index is 1150. The molecule has 0 aliphatic rings. The van der Waals surface area contributed by atoms with Crippen molar-refractivity contribution in [2.75, 3.05) is 26.5 Å². The summed E-state index contributed by atoms with van der Waals surface area (Å²) in [7, 11) is -3.11. The van der Waals surface area contributed by atoms with E-state index in [0.717, 1.165) is 26.4 Å². The Kier molecular flexibility index (Phi) is 14.3. The summed E-state index contributed by atoms with van der Waals surface area (Å²) in [5.41, 5.74) is 0.647. The van der Waals surface area contributed by atoms with Gasteiger partial charge in [0.2, 0.25) is 0 Å². The van der Waals surface area contributed by atoms with Gasteiger partial charge in [0.1, 0.15) is 17.1 Å². The molecule has 0 bridgehead atoms. The lowest BCUT2D eigenvalue weighted by Crippen LogP contribution is -2.24. The molecule has 0 aromatic heterocycles. The number of carboxylic acid groups (broad SMARTS) is 1. The lowest BCUT2D eigenvalue weighted by molar-refractivity contribution is -0.145. The normalized spacial score (nSPS) is 13.1. The molecule has 2 unspecified atom stereocenters. The van der Waals surface area contributed by atoms with Crippen LogP contribution in [-0.4, -0.2) is 49.5 Å². The smallest absolute Gasteiger partial charge is 0.431 e. The van der Waals surface area contributed by atoms with Crippen LogP contribution in [0.3, 0.4) is 0 Å². The molecular weight excluding hydrogens is 539 g/mol. The van der Waals surface area contributed by atoms with Gasteiger partial charge in [-0.25, -0.2) is 9.36 Å². The van der Waals surface area contributed by atoms with Crippen LogP contribution in [0.2, 0.25) is 0 Å². The highest BCUT2D eigenvalue weighted by Gasteiger charge is 2.38. The third kappa shape index (κ3) is 11.0. The second-order valence-electron chi connectivity index (χ2n) is 9.13. The predicted molar refractivity (Wildman–Crippen MR) is 149 cm³/mol. The molecule has 0 aliphatic heterocycles. The summed E-state index contributed by atoms with van der Waals surface area (Å²) < 4.78 is 42.2. The van der Waals surface area contributed by atoms with Crippen LogP contribution in [0, 0.1) is 5.92 Å². The van der Waals surface area contributed by atoms with Crippen LogP contribution < -0.4 is 9.05 Å². The van der Waals surface area contributed by atoms with Crippen molar-refractivity contribution in [1.82, 2.24) is 0 Å². The van der Waals surface area contributed by atoms with Crippen LogP contribution in [-0.2, 0) is 35.0 Å². The van der Waals surface area contributed by atoms with Gasteiger partial charge in [-0.3, -0.25) is 9.59 Å². The standard InChI is InChI=1S/C29H39O10P/c1-4-6-18-36-20-22-12-8-10-14-25(22)38-40(34,21-23(28(32)35-3)16-17-27(30)31)39-26-15-11-9-13-24(26)29(33)37-19-7-5-2/h8-15,23H,4-7,16-21H2,1-3H3,(H,30,31). The van der Waals surface area contributed by atoms with Crippen molar-refractivity contribution in [2.45, 2.75) is 59.0 Å². The summed E-state index contributed by atoms with van der Waals surface area (Å²) in [6.07, 6.45) is 2.35. The Morgan fingerprint density at radius 1 is 0.900 bits per heavy atom. The quantitative estimate of drug-likeness (QED) is 0.115. The lowest BCUT2D eigenvalue weighted by Gasteiger charge is -2.25. The maximum Gasteiger partial charge on any atom is 0.431 e. The average Bonchev–Trinajstić information content (AvgIpc) is 2.94. The van der Waals surface area contributed by atoms with E-state index < -0.39 is 37.6 Å². The Balaban J connectivity index is 2.45. The number of carboxylic acids is 1. The van der Waals surface area contributed by atoms with Crippen LogP contribution in [0.5, 0.6) is 11.5 Å². The summed E-state index contributed by atoms with van der Waals surface area (Å²) in [4.78, 5) is 36.6. The minimum absolute atomic E-state index is 0.0405. The SMILES string of the molecule is CCCCOCc1ccccc1OP(=O)(CC(CCC(=O)O)C(=O)OC)Oc1ccccc1C(=O)OCCCC. The molecule has 0 radical (unpaired) electrons. The van der Waals surface area contributed by atoms with Gasteiger partial charge >= 0.3 is 25.5 Å². The molecule has 2 aromatic carbocycles. The van der Waals surface area contributed by atoms with E-state index >= 15 is 0 Å². The topological polar surface area (TPSA) is 135 Å². The molecule has 0 saturated heterocycles. The van der Waals surface area contributed by atoms with Crippen molar-refractivity contribution in [2.24, 2.45) is 5.92 Å².